The normalized spacial score (nSPS) is 16.0. The van der Waals surface area contributed by atoms with Crippen LogP contribution >= 0.6 is 15.9 Å². The molecule has 1 aromatic carbocycles. The Hall–Kier alpha value is -1.80. The van der Waals surface area contributed by atoms with Gasteiger partial charge in [0.2, 0.25) is 0 Å². The van der Waals surface area contributed by atoms with Crippen molar-refractivity contribution in [2.24, 2.45) is 0 Å². The van der Waals surface area contributed by atoms with E-state index >= 15 is 0 Å². The van der Waals surface area contributed by atoms with Crippen molar-refractivity contribution in [1.82, 2.24) is 15.5 Å². The number of non-ortho nitro benzene ring substituents is 1. The molecule has 1 saturated heterocycles. The van der Waals surface area contributed by atoms with Gasteiger partial charge in [-0.25, -0.2) is 0 Å². The van der Waals surface area contributed by atoms with E-state index < -0.39 is 4.92 Å². The number of nitrogens with one attached hydrogen (secondary N) is 1. The molecule has 1 aliphatic rings. The summed E-state index contributed by atoms with van der Waals surface area (Å²) in [5.74, 6) is 1.27. The number of nitro groups is 1. The Morgan fingerprint density at radius 2 is 2.10 bits per heavy atom. The molecule has 1 fully saturated rings. The minimum atomic E-state index is -0.446. The van der Waals surface area contributed by atoms with Gasteiger partial charge < -0.3 is 9.84 Å². The van der Waals surface area contributed by atoms with E-state index in [1.54, 1.807) is 6.07 Å². The zero-order valence-electron chi connectivity index (χ0n) is 11.1. The first-order valence-electron chi connectivity index (χ1n) is 6.63. The summed E-state index contributed by atoms with van der Waals surface area (Å²) in [5.41, 5.74) is 0.532. The number of hydrogen-bond donors (Lipinski definition) is 1. The number of nitrogens with zero attached hydrogens (tertiary/aromatic N) is 3. The fourth-order valence-electron chi connectivity index (χ4n) is 2.40. The highest BCUT2D eigenvalue weighted by Crippen LogP contribution is 2.30. The molecule has 21 heavy (non-hydrogen) atoms. The van der Waals surface area contributed by atoms with Crippen LogP contribution < -0.4 is 5.32 Å². The average molecular weight is 353 g/mol. The maximum absolute atomic E-state index is 10.9. The van der Waals surface area contributed by atoms with E-state index in [1.807, 2.05) is 0 Å². The van der Waals surface area contributed by atoms with E-state index in [-0.39, 0.29) is 11.6 Å². The van der Waals surface area contributed by atoms with Gasteiger partial charge in [-0.1, -0.05) is 21.1 Å². The molecule has 0 bridgehead atoms. The highest BCUT2D eigenvalue weighted by atomic mass is 79.9. The summed E-state index contributed by atoms with van der Waals surface area (Å²) in [6.07, 6.45) is 1.94. The van der Waals surface area contributed by atoms with Crippen molar-refractivity contribution in [2.75, 3.05) is 13.1 Å². The monoisotopic (exact) mass is 352 g/mol. The van der Waals surface area contributed by atoms with Crippen molar-refractivity contribution in [3.63, 3.8) is 0 Å². The Morgan fingerprint density at radius 1 is 1.33 bits per heavy atom. The van der Waals surface area contributed by atoms with Crippen LogP contribution in [0.25, 0.3) is 11.5 Å². The van der Waals surface area contributed by atoms with E-state index in [1.165, 1.54) is 12.1 Å². The lowest BCUT2D eigenvalue weighted by Crippen LogP contribution is -2.27. The van der Waals surface area contributed by atoms with Gasteiger partial charge in [-0.15, -0.1) is 0 Å². The van der Waals surface area contributed by atoms with Crippen molar-refractivity contribution < 1.29 is 9.45 Å². The van der Waals surface area contributed by atoms with E-state index in [2.05, 4.69) is 31.4 Å². The number of benzene rings is 1. The molecule has 0 saturated carbocycles. The van der Waals surface area contributed by atoms with Gasteiger partial charge in [0.25, 0.3) is 11.6 Å². The largest absolute Gasteiger partial charge is 0.334 e. The molecule has 8 heteroatoms. The van der Waals surface area contributed by atoms with Crippen molar-refractivity contribution in [1.29, 1.82) is 0 Å². The maximum Gasteiger partial charge on any atom is 0.271 e. The van der Waals surface area contributed by atoms with Crippen LogP contribution in [0.5, 0.6) is 0 Å². The lowest BCUT2D eigenvalue weighted by atomic mass is 9.98. The van der Waals surface area contributed by atoms with Crippen LogP contribution in [0.2, 0.25) is 0 Å². The molecule has 3 rings (SSSR count). The SMILES string of the molecule is O=[N+]([O-])c1cc(Br)cc(-c2nc(C3CCNCC3)no2)c1. The molecule has 1 aliphatic heterocycles. The van der Waals surface area contributed by atoms with Gasteiger partial charge in [-0.05, 0) is 32.0 Å². The van der Waals surface area contributed by atoms with Gasteiger partial charge in [0.15, 0.2) is 5.82 Å². The van der Waals surface area contributed by atoms with Crippen molar-refractivity contribution >= 4 is 21.6 Å². The summed E-state index contributed by atoms with van der Waals surface area (Å²) in [5, 5.41) is 18.2. The topological polar surface area (TPSA) is 94.1 Å². The second-order valence-corrected chi connectivity index (χ2v) is 5.85. The molecule has 2 aromatic rings. The lowest BCUT2D eigenvalue weighted by molar-refractivity contribution is -0.384. The number of piperidine rings is 1. The third-order valence-corrected chi connectivity index (χ3v) is 3.94. The summed E-state index contributed by atoms with van der Waals surface area (Å²) >= 11 is 3.26. The Kier molecular flexibility index (Phi) is 3.98. The lowest BCUT2D eigenvalue weighted by Gasteiger charge is -2.18. The Labute approximate surface area is 129 Å². The number of aromatic nitrogens is 2. The molecule has 0 spiro atoms. The highest BCUT2D eigenvalue weighted by Gasteiger charge is 2.22. The average Bonchev–Trinajstić information content (AvgIpc) is 2.97. The van der Waals surface area contributed by atoms with Crippen LogP contribution in [0.3, 0.4) is 0 Å². The molecule has 1 aromatic heterocycles. The van der Waals surface area contributed by atoms with Gasteiger partial charge in [-0.2, -0.15) is 4.98 Å². The summed E-state index contributed by atoms with van der Waals surface area (Å²) in [7, 11) is 0. The van der Waals surface area contributed by atoms with Crippen LogP contribution in [-0.2, 0) is 0 Å². The Bertz CT molecular complexity index is 667. The third-order valence-electron chi connectivity index (χ3n) is 3.49. The molecule has 2 heterocycles. The van der Waals surface area contributed by atoms with Crippen molar-refractivity contribution in [2.45, 2.75) is 18.8 Å². The van der Waals surface area contributed by atoms with Crippen molar-refractivity contribution in [3.8, 4) is 11.5 Å². The molecule has 0 atom stereocenters. The van der Waals surface area contributed by atoms with E-state index in [0.717, 1.165) is 25.9 Å². The summed E-state index contributed by atoms with van der Waals surface area (Å²) < 4.78 is 5.87. The van der Waals surface area contributed by atoms with Crippen LogP contribution in [0, 0.1) is 10.1 Å². The van der Waals surface area contributed by atoms with E-state index in [0.29, 0.717) is 21.8 Å². The second-order valence-electron chi connectivity index (χ2n) is 4.94. The molecule has 0 unspecified atom stereocenters. The van der Waals surface area contributed by atoms with Crippen LogP contribution in [0.4, 0.5) is 5.69 Å². The maximum atomic E-state index is 10.9. The molecule has 0 aliphatic carbocycles. The Balaban J connectivity index is 1.90. The fourth-order valence-corrected chi connectivity index (χ4v) is 2.88. The second kappa shape index (κ2) is 5.90. The first kappa shape index (κ1) is 14.2. The van der Waals surface area contributed by atoms with E-state index in [9.17, 15) is 10.1 Å². The van der Waals surface area contributed by atoms with Crippen LogP contribution in [-0.4, -0.2) is 28.2 Å². The van der Waals surface area contributed by atoms with Gasteiger partial charge in [-0.3, -0.25) is 10.1 Å². The zero-order valence-corrected chi connectivity index (χ0v) is 12.7. The minimum absolute atomic E-state index is 0.0130. The zero-order chi connectivity index (χ0) is 14.8. The van der Waals surface area contributed by atoms with Gasteiger partial charge >= 0.3 is 0 Å². The van der Waals surface area contributed by atoms with E-state index in [4.69, 9.17) is 4.52 Å². The predicted molar refractivity (Wildman–Crippen MR) is 78.9 cm³/mol. The number of hydrogen-bond acceptors (Lipinski definition) is 6. The highest BCUT2D eigenvalue weighted by molar-refractivity contribution is 9.10. The number of nitro benzene ring substituents is 1. The standard InChI is InChI=1S/C13H13BrN4O3/c14-10-5-9(6-11(7-10)18(19)20)13-16-12(17-21-13)8-1-3-15-4-2-8/h5-8,15H,1-4H2. The summed E-state index contributed by atoms with van der Waals surface area (Å²) in [4.78, 5) is 14.9. The number of rotatable bonds is 3. The predicted octanol–water partition coefficient (Wildman–Crippen LogP) is 2.87. The molecule has 7 nitrogen and oxygen atoms in total. The molecular formula is C13H13BrN4O3. The number of halogens is 1. The minimum Gasteiger partial charge on any atom is -0.334 e. The summed E-state index contributed by atoms with van der Waals surface area (Å²) in [6.45, 7) is 1.88. The molecule has 0 radical (unpaired) electrons. The molecule has 110 valence electrons. The van der Waals surface area contributed by atoms with Crippen LogP contribution in [0.1, 0.15) is 24.6 Å². The van der Waals surface area contributed by atoms with Gasteiger partial charge in [0.05, 0.1) is 4.92 Å². The van der Waals surface area contributed by atoms with Crippen LogP contribution in [0.15, 0.2) is 27.2 Å². The summed E-state index contributed by atoms with van der Waals surface area (Å²) in [6, 6.07) is 4.60. The smallest absolute Gasteiger partial charge is 0.271 e. The third kappa shape index (κ3) is 3.11. The molecule has 1 N–H and O–H groups in total. The first-order valence-corrected chi connectivity index (χ1v) is 7.42. The quantitative estimate of drug-likeness (QED) is 0.674. The Morgan fingerprint density at radius 3 is 2.81 bits per heavy atom. The first-order chi connectivity index (χ1) is 10.1. The van der Waals surface area contributed by atoms with Crippen molar-refractivity contribution in [3.05, 3.63) is 38.6 Å². The van der Waals surface area contributed by atoms with Gasteiger partial charge in [0.1, 0.15) is 0 Å². The molecular weight excluding hydrogens is 340 g/mol. The van der Waals surface area contributed by atoms with Gasteiger partial charge in [0, 0.05) is 28.1 Å². The fraction of sp³-hybridized carbons (Fsp3) is 0.385. The molecule has 0 amide bonds.